The van der Waals surface area contributed by atoms with Crippen LogP contribution in [0.5, 0.6) is 0 Å². The highest BCUT2D eigenvalue weighted by atomic mass is 19.4. The number of H-pyrrole nitrogens is 1. The number of benzene rings is 1. The maximum absolute atomic E-state index is 13.7. The zero-order valence-electron chi connectivity index (χ0n) is 18.9. The molecule has 0 atom stereocenters. The quantitative estimate of drug-likeness (QED) is 0.440. The maximum atomic E-state index is 13.7. The van der Waals surface area contributed by atoms with E-state index in [0.717, 1.165) is 25.3 Å². The van der Waals surface area contributed by atoms with Crippen molar-refractivity contribution in [1.82, 2.24) is 19.9 Å². The van der Waals surface area contributed by atoms with Gasteiger partial charge in [0.2, 0.25) is 0 Å². The zero-order valence-corrected chi connectivity index (χ0v) is 18.9. The van der Waals surface area contributed by atoms with Crippen molar-refractivity contribution >= 4 is 0 Å². The standard InChI is InChI=1S/C24H27F3N5O/c1-4-5-6-21-29-13-17(14-30-21)20-10-22(33)32-23(31-20)18-9-16(12-28-11-15(2)3)7-8-19(18)24(25,26)27/h7-10,13-15H,4-6,11-12H2,1-3H3,(H,31,32,33)/q-1. The number of halogens is 3. The molecule has 3 rings (SSSR count). The maximum Gasteiger partial charge on any atom is 0.417 e. The Morgan fingerprint density at radius 1 is 1.12 bits per heavy atom. The summed E-state index contributed by atoms with van der Waals surface area (Å²) < 4.78 is 41.2. The van der Waals surface area contributed by atoms with E-state index >= 15 is 0 Å². The number of unbranched alkanes of at least 4 members (excludes halogenated alkanes) is 1. The highest BCUT2D eigenvalue weighted by Gasteiger charge is 2.34. The van der Waals surface area contributed by atoms with Gasteiger partial charge in [0.1, 0.15) is 11.6 Å². The number of aromatic nitrogens is 4. The number of hydrogen-bond donors (Lipinski definition) is 1. The van der Waals surface area contributed by atoms with Crippen LogP contribution in [-0.4, -0.2) is 26.5 Å². The van der Waals surface area contributed by atoms with Crippen molar-refractivity contribution in [2.45, 2.75) is 52.8 Å². The van der Waals surface area contributed by atoms with Gasteiger partial charge in [0.15, 0.2) is 0 Å². The van der Waals surface area contributed by atoms with Crippen LogP contribution in [-0.2, 0) is 19.1 Å². The van der Waals surface area contributed by atoms with E-state index in [1.54, 1.807) is 0 Å². The Morgan fingerprint density at radius 3 is 2.48 bits per heavy atom. The molecule has 0 spiro atoms. The average molecular weight is 459 g/mol. The van der Waals surface area contributed by atoms with Crippen LogP contribution in [0.3, 0.4) is 0 Å². The predicted molar refractivity (Wildman–Crippen MR) is 122 cm³/mol. The molecule has 6 nitrogen and oxygen atoms in total. The molecule has 1 aromatic carbocycles. The molecule has 2 aromatic heterocycles. The summed E-state index contributed by atoms with van der Waals surface area (Å²) in [7, 11) is 0. The SMILES string of the molecule is CCCCc1ncc(-c2cc(=O)[nH]c(-c3cc(C[N-]CC(C)C)ccc3C(F)(F)F)n2)cn1. The van der Waals surface area contributed by atoms with Gasteiger partial charge in [-0.15, -0.1) is 13.1 Å². The molecule has 0 aliphatic carbocycles. The first-order chi connectivity index (χ1) is 15.7. The van der Waals surface area contributed by atoms with Gasteiger partial charge >= 0.3 is 6.18 Å². The summed E-state index contributed by atoms with van der Waals surface area (Å²) in [6.07, 6.45) is 1.16. The lowest BCUT2D eigenvalue weighted by atomic mass is 10.0. The third kappa shape index (κ3) is 6.71. The molecule has 0 aliphatic rings. The molecule has 2 heterocycles. The van der Waals surface area contributed by atoms with E-state index in [1.807, 2.05) is 13.8 Å². The van der Waals surface area contributed by atoms with Crippen LogP contribution in [0.2, 0.25) is 0 Å². The number of rotatable bonds is 9. The van der Waals surface area contributed by atoms with E-state index < -0.39 is 17.3 Å². The molecule has 9 heteroatoms. The van der Waals surface area contributed by atoms with E-state index in [2.05, 4.69) is 32.2 Å². The van der Waals surface area contributed by atoms with Gasteiger partial charge in [0.05, 0.1) is 11.3 Å². The topological polar surface area (TPSA) is 85.6 Å². The second kappa shape index (κ2) is 10.7. The fraction of sp³-hybridized carbons (Fsp3) is 0.417. The Kier molecular flexibility index (Phi) is 7.97. The number of aromatic amines is 1. The van der Waals surface area contributed by atoms with E-state index in [-0.39, 0.29) is 23.6 Å². The number of hydrogen-bond acceptors (Lipinski definition) is 4. The van der Waals surface area contributed by atoms with Crippen LogP contribution in [0.15, 0.2) is 41.5 Å². The summed E-state index contributed by atoms with van der Waals surface area (Å²) in [6, 6.07) is 5.02. The number of alkyl halides is 3. The second-order valence-corrected chi connectivity index (χ2v) is 8.31. The predicted octanol–water partition coefficient (Wildman–Crippen LogP) is 5.79. The van der Waals surface area contributed by atoms with E-state index in [0.29, 0.717) is 29.4 Å². The molecule has 3 aromatic rings. The van der Waals surface area contributed by atoms with Crippen molar-refractivity contribution in [3.8, 4) is 22.6 Å². The van der Waals surface area contributed by atoms with Gasteiger partial charge in [-0.3, -0.25) is 4.79 Å². The largest absolute Gasteiger partial charge is 0.658 e. The van der Waals surface area contributed by atoms with Gasteiger partial charge in [-0.1, -0.05) is 44.7 Å². The smallest absolute Gasteiger partial charge is 0.417 e. The average Bonchev–Trinajstić information content (AvgIpc) is 2.76. The normalized spacial score (nSPS) is 11.8. The molecule has 33 heavy (non-hydrogen) atoms. The minimum atomic E-state index is -4.61. The Morgan fingerprint density at radius 2 is 1.85 bits per heavy atom. The number of aryl methyl sites for hydroxylation is 1. The Labute approximate surface area is 190 Å². The Hall–Kier alpha value is -3.07. The van der Waals surface area contributed by atoms with Crippen LogP contribution < -0.4 is 5.56 Å². The Bertz CT molecular complexity index is 1120. The van der Waals surface area contributed by atoms with Crippen molar-refractivity contribution in [3.05, 3.63) is 69.3 Å². The van der Waals surface area contributed by atoms with E-state index in [4.69, 9.17) is 0 Å². The van der Waals surface area contributed by atoms with Crippen LogP contribution in [0.25, 0.3) is 28.0 Å². The van der Waals surface area contributed by atoms with Gasteiger partial charge in [-0.05, 0) is 18.6 Å². The van der Waals surface area contributed by atoms with Crippen LogP contribution in [0.1, 0.15) is 50.6 Å². The van der Waals surface area contributed by atoms with E-state index in [1.165, 1.54) is 30.6 Å². The van der Waals surface area contributed by atoms with Gasteiger partial charge in [-0.2, -0.15) is 13.2 Å². The van der Waals surface area contributed by atoms with Gasteiger partial charge in [0, 0.05) is 36.0 Å². The molecule has 0 aliphatic heterocycles. The lowest BCUT2D eigenvalue weighted by molar-refractivity contribution is -0.137. The summed E-state index contributed by atoms with van der Waals surface area (Å²) >= 11 is 0. The zero-order chi connectivity index (χ0) is 24.0. The van der Waals surface area contributed by atoms with Crippen LogP contribution >= 0.6 is 0 Å². The Balaban J connectivity index is 2.00. The highest BCUT2D eigenvalue weighted by molar-refractivity contribution is 5.66. The molecule has 0 amide bonds. The third-order valence-electron chi connectivity index (χ3n) is 4.93. The molecule has 1 N–H and O–H groups in total. The van der Waals surface area contributed by atoms with E-state index in [9.17, 15) is 18.0 Å². The van der Waals surface area contributed by atoms with Crippen molar-refractivity contribution in [2.24, 2.45) is 5.92 Å². The van der Waals surface area contributed by atoms with Crippen molar-refractivity contribution in [1.29, 1.82) is 0 Å². The lowest BCUT2D eigenvalue weighted by Gasteiger charge is -2.22. The molecule has 0 bridgehead atoms. The minimum absolute atomic E-state index is 0.161. The molecule has 176 valence electrons. The molecule has 0 fully saturated rings. The fourth-order valence-corrected chi connectivity index (χ4v) is 3.27. The number of nitrogens with one attached hydrogen (secondary N) is 1. The third-order valence-corrected chi connectivity index (χ3v) is 4.93. The van der Waals surface area contributed by atoms with Gasteiger partial charge in [-0.25, -0.2) is 15.0 Å². The molecular weight excluding hydrogens is 431 g/mol. The van der Waals surface area contributed by atoms with Crippen LogP contribution in [0.4, 0.5) is 13.2 Å². The minimum Gasteiger partial charge on any atom is -0.658 e. The molecule has 0 unspecified atom stereocenters. The van der Waals surface area contributed by atoms with Gasteiger partial charge < -0.3 is 10.3 Å². The van der Waals surface area contributed by atoms with Gasteiger partial charge in [0.25, 0.3) is 5.56 Å². The molecule has 0 saturated heterocycles. The first-order valence-corrected chi connectivity index (χ1v) is 10.9. The van der Waals surface area contributed by atoms with Crippen molar-refractivity contribution in [2.75, 3.05) is 6.54 Å². The van der Waals surface area contributed by atoms with Crippen molar-refractivity contribution < 1.29 is 13.2 Å². The fourth-order valence-electron chi connectivity index (χ4n) is 3.27. The highest BCUT2D eigenvalue weighted by Crippen LogP contribution is 2.37. The lowest BCUT2D eigenvalue weighted by Crippen LogP contribution is -2.13. The summed E-state index contributed by atoms with van der Waals surface area (Å²) in [5.74, 6) is 0.859. The van der Waals surface area contributed by atoms with Crippen molar-refractivity contribution in [3.63, 3.8) is 0 Å². The molecule has 0 radical (unpaired) electrons. The number of nitrogens with zero attached hydrogens (tertiary/aromatic N) is 4. The second-order valence-electron chi connectivity index (χ2n) is 8.31. The summed E-state index contributed by atoms with van der Waals surface area (Å²) in [4.78, 5) is 27.7. The summed E-state index contributed by atoms with van der Waals surface area (Å²) in [5, 5.41) is 4.39. The first kappa shape index (κ1) is 24.6. The molecular formula is C24H27F3N5O-. The summed E-state index contributed by atoms with van der Waals surface area (Å²) in [5.41, 5.74) is -0.359. The van der Waals surface area contributed by atoms with Crippen LogP contribution in [0, 0.1) is 5.92 Å². The molecule has 0 saturated carbocycles. The first-order valence-electron chi connectivity index (χ1n) is 10.9. The summed E-state index contributed by atoms with van der Waals surface area (Å²) in [6.45, 7) is 6.98. The monoisotopic (exact) mass is 458 g/mol.